The molecule has 0 radical (unpaired) electrons. The van der Waals surface area contributed by atoms with E-state index >= 15 is 0 Å². The lowest BCUT2D eigenvalue weighted by Gasteiger charge is -2.26. The number of aliphatic imine (C=N–C) groups is 1. The Morgan fingerprint density at radius 1 is 1.07 bits per heavy atom. The van der Waals surface area contributed by atoms with Crippen LogP contribution in [-0.4, -0.2) is 48.4 Å². The number of aromatic hydroxyl groups is 1. The van der Waals surface area contributed by atoms with Gasteiger partial charge in [-0.15, -0.1) is 0 Å². The van der Waals surface area contributed by atoms with E-state index in [-0.39, 0.29) is 6.04 Å². The van der Waals surface area contributed by atoms with Crippen LogP contribution in [0.3, 0.4) is 0 Å². The van der Waals surface area contributed by atoms with Crippen LogP contribution < -0.4 is 0 Å². The van der Waals surface area contributed by atoms with Crippen molar-refractivity contribution in [2.24, 2.45) is 10.9 Å². The molecule has 0 spiro atoms. The number of ether oxygens (including phenoxy) is 2. The Hall–Kier alpha value is -1.85. The van der Waals surface area contributed by atoms with Gasteiger partial charge in [0.2, 0.25) is 5.88 Å². The molecule has 5 heteroatoms. The lowest BCUT2D eigenvalue weighted by atomic mass is 9.81. The van der Waals surface area contributed by atoms with Crippen LogP contribution in [0.5, 0.6) is 5.88 Å². The average Bonchev–Trinajstić information content (AvgIpc) is 2.97. The normalized spacial score (nSPS) is 22.0. The third kappa shape index (κ3) is 3.17. The maximum Gasteiger partial charge on any atom is 0.201 e. The maximum atomic E-state index is 11.2. The predicted octanol–water partition coefficient (Wildman–Crippen LogP) is 3.86. The summed E-state index contributed by atoms with van der Waals surface area (Å²) in [6.45, 7) is 3.31. The van der Waals surface area contributed by atoms with E-state index in [4.69, 9.17) is 9.47 Å². The third-order valence-corrected chi connectivity index (χ3v) is 6.41. The zero-order valence-corrected chi connectivity index (χ0v) is 15.8. The van der Waals surface area contributed by atoms with Gasteiger partial charge in [-0.3, -0.25) is 4.99 Å². The fraction of sp³-hybridized carbons (Fsp3) is 0.591. The van der Waals surface area contributed by atoms with Gasteiger partial charge in [0, 0.05) is 24.6 Å². The van der Waals surface area contributed by atoms with Gasteiger partial charge in [0.1, 0.15) is 0 Å². The SMILES string of the molecule is Oc1c(C2=NCCOC2)c2cc(CC3CCC3)ccc2n1C1CCOCC1. The maximum absolute atomic E-state index is 11.2. The highest BCUT2D eigenvalue weighted by molar-refractivity contribution is 6.14. The first-order valence-electron chi connectivity index (χ1n) is 10.4. The molecule has 2 aliphatic heterocycles. The molecular weight excluding hydrogens is 340 g/mol. The first kappa shape index (κ1) is 17.3. The average molecular weight is 368 g/mol. The molecule has 1 saturated carbocycles. The summed E-state index contributed by atoms with van der Waals surface area (Å²) in [6, 6.07) is 7.01. The fourth-order valence-corrected chi connectivity index (χ4v) is 4.71. The summed E-state index contributed by atoms with van der Waals surface area (Å²) in [5, 5.41) is 12.4. The summed E-state index contributed by atoms with van der Waals surface area (Å²) in [7, 11) is 0. The predicted molar refractivity (Wildman–Crippen MR) is 106 cm³/mol. The molecule has 0 unspecified atom stereocenters. The number of hydrogen-bond acceptors (Lipinski definition) is 4. The first-order chi connectivity index (χ1) is 13.3. The minimum atomic E-state index is 0.276. The topological polar surface area (TPSA) is 56.0 Å². The molecular formula is C22H28N2O3. The van der Waals surface area contributed by atoms with Gasteiger partial charge in [0.15, 0.2) is 0 Å². The Balaban J connectivity index is 1.62. The summed E-state index contributed by atoms with van der Waals surface area (Å²) in [5.41, 5.74) is 4.25. The van der Waals surface area contributed by atoms with E-state index in [2.05, 4.69) is 27.8 Å². The molecule has 2 aromatic rings. The van der Waals surface area contributed by atoms with E-state index in [0.29, 0.717) is 25.6 Å². The van der Waals surface area contributed by atoms with Crippen molar-refractivity contribution in [3.05, 3.63) is 29.3 Å². The van der Waals surface area contributed by atoms with Crippen molar-refractivity contribution in [2.45, 2.75) is 44.6 Å². The van der Waals surface area contributed by atoms with Crippen LogP contribution in [-0.2, 0) is 15.9 Å². The first-order valence-corrected chi connectivity index (χ1v) is 10.4. The van der Waals surface area contributed by atoms with Crippen LogP contribution in [0.25, 0.3) is 10.9 Å². The largest absolute Gasteiger partial charge is 0.494 e. The highest BCUT2D eigenvalue weighted by atomic mass is 16.5. The Labute approximate surface area is 160 Å². The monoisotopic (exact) mass is 368 g/mol. The molecule has 1 N–H and O–H groups in total. The quantitative estimate of drug-likeness (QED) is 0.891. The Morgan fingerprint density at radius 2 is 1.93 bits per heavy atom. The number of aromatic nitrogens is 1. The van der Waals surface area contributed by atoms with Gasteiger partial charge in [0.25, 0.3) is 0 Å². The van der Waals surface area contributed by atoms with Gasteiger partial charge in [-0.1, -0.05) is 25.3 Å². The van der Waals surface area contributed by atoms with E-state index in [1.165, 1.54) is 24.8 Å². The van der Waals surface area contributed by atoms with Gasteiger partial charge < -0.3 is 19.1 Å². The summed E-state index contributed by atoms with van der Waals surface area (Å²) in [4.78, 5) is 4.68. The second-order valence-electron chi connectivity index (χ2n) is 8.15. The zero-order valence-electron chi connectivity index (χ0n) is 15.8. The highest BCUT2D eigenvalue weighted by Crippen LogP contribution is 2.39. The molecule has 0 atom stereocenters. The van der Waals surface area contributed by atoms with Crippen LogP contribution in [0, 0.1) is 5.92 Å². The molecule has 3 aliphatic rings. The van der Waals surface area contributed by atoms with Crippen LogP contribution in [0.4, 0.5) is 0 Å². The molecule has 144 valence electrons. The number of fused-ring (bicyclic) bond motifs is 1. The van der Waals surface area contributed by atoms with Gasteiger partial charge in [-0.25, -0.2) is 0 Å². The molecule has 5 rings (SSSR count). The van der Waals surface area contributed by atoms with Crippen molar-refractivity contribution >= 4 is 16.6 Å². The molecule has 3 heterocycles. The van der Waals surface area contributed by atoms with Gasteiger partial charge in [0.05, 0.1) is 36.6 Å². The molecule has 0 amide bonds. The van der Waals surface area contributed by atoms with E-state index in [1.54, 1.807) is 0 Å². The summed E-state index contributed by atoms with van der Waals surface area (Å²) in [5.74, 6) is 1.18. The second kappa shape index (κ2) is 7.28. The molecule has 1 aliphatic carbocycles. The lowest BCUT2D eigenvalue weighted by molar-refractivity contribution is 0.0688. The van der Waals surface area contributed by atoms with E-state index < -0.39 is 0 Å². The Morgan fingerprint density at radius 3 is 2.63 bits per heavy atom. The van der Waals surface area contributed by atoms with Crippen molar-refractivity contribution < 1.29 is 14.6 Å². The van der Waals surface area contributed by atoms with Crippen LogP contribution >= 0.6 is 0 Å². The van der Waals surface area contributed by atoms with Gasteiger partial charge in [-0.2, -0.15) is 0 Å². The molecule has 1 aromatic carbocycles. The van der Waals surface area contributed by atoms with E-state index in [9.17, 15) is 5.11 Å². The van der Waals surface area contributed by atoms with Crippen molar-refractivity contribution in [1.82, 2.24) is 4.57 Å². The van der Waals surface area contributed by atoms with Crippen molar-refractivity contribution in [3.63, 3.8) is 0 Å². The van der Waals surface area contributed by atoms with Crippen molar-refractivity contribution in [2.75, 3.05) is 33.0 Å². The van der Waals surface area contributed by atoms with Crippen LogP contribution in [0.15, 0.2) is 23.2 Å². The zero-order chi connectivity index (χ0) is 18.2. The second-order valence-corrected chi connectivity index (χ2v) is 8.15. The molecule has 1 saturated heterocycles. The molecule has 0 bridgehead atoms. The fourth-order valence-electron chi connectivity index (χ4n) is 4.71. The number of nitrogens with zero attached hydrogens (tertiary/aromatic N) is 2. The number of hydrogen-bond donors (Lipinski definition) is 1. The smallest absolute Gasteiger partial charge is 0.201 e. The summed E-state index contributed by atoms with van der Waals surface area (Å²) < 4.78 is 13.3. The van der Waals surface area contributed by atoms with Crippen LogP contribution in [0.2, 0.25) is 0 Å². The standard InChI is InChI=1S/C22H28N2O3/c25-22-21(19-14-27-11-8-23-19)18-13-16(12-15-2-1-3-15)4-5-20(18)24(22)17-6-9-26-10-7-17/h4-5,13,15,17,25H,1-3,6-12,14H2. The minimum Gasteiger partial charge on any atom is -0.494 e. The van der Waals surface area contributed by atoms with E-state index in [0.717, 1.165) is 60.6 Å². The van der Waals surface area contributed by atoms with Crippen molar-refractivity contribution in [1.29, 1.82) is 0 Å². The van der Waals surface area contributed by atoms with E-state index in [1.807, 2.05) is 0 Å². The van der Waals surface area contributed by atoms with Gasteiger partial charge >= 0.3 is 0 Å². The Bertz CT molecular complexity index is 860. The van der Waals surface area contributed by atoms with Gasteiger partial charge in [-0.05, 0) is 42.9 Å². The minimum absolute atomic E-state index is 0.276. The Kier molecular flexibility index (Phi) is 4.66. The molecule has 1 aromatic heterocycles. The highest BCUT2D eigenvalue weighted by Gasteiger charge is 2.28. The lowest BCUT2D eigenvalue weighted by Crippen LogP contribution is -2.20. The van der Waals surface area contributed by atoms with Crippen LogP contribution in [0.1, 0.15) is 49.3 Å². The summed E-state index contributed by atoms with van der Waals surface area (Å²) in [6.07, 6.45) is 7.07. The number of benzene rings is 1. The third-order valence-electron chi connectivity index (χ3n) is 6.41. The molecule has 2 fully saturated rings. The number of rotatable bonds is 4. The summed E-state index contributed by atoms with van der Waals surface area (Å²) >= 11 is 0. The molecule has 5 nitrogen and oxygen atoms in total. The van der Waals surface area contributed by atoms with Crippen molar-refractivity contribution in [3.8, 4) is 5.88 Å². The molecule has 27 heavy (non-hydrogen) atoms.